The second-order valence-electron chi connectivity index (χ2n) is 6.01. The maximum atomic E-state index is 5.98. The van der Waals surface area contributed by atoms with E-state index in [2.05, 4.69) is 33.9 Å². The number of aliphatic imine (C=N–C) groups is 1. The zero-order valence-electron chi connectivity index (χ0n) is 12.9. The molecule has 0 spiro atoms. The fraction of sp³-hybridized carbons (Fsp3) is 0.933. The molecule has 1 saturated heterocycles. The summed E-state index contributed by atoms with van der Waals surface area (Å²) in [5.41, 5.74) is 6.27. The molecule has 5 heteroatoms. The van der Waals surface area contributed by atoms with Crippen LogP contribution in [0.1, 0.15) is 45.4 Å². The van der Waals surface area contributed by atoms with Gasteiger partial charge in [-0.3, -0.25) is 9.89 Å². The topological polar surface area (TPSA) is 53.6 Å². The van der Waals surface area contributed by atoms with Crippen molar-refractivity contribution < 1.29 is 0 Å². The summed E-state index contributed by atoms with van der Waals surface area (Å²) in [6, 6.07) is 0. The third-order valence-corrected chi connectivity index (χ3v) is 5.51. The zero-order chi connectivity index (χ0) is 14.3. The molecule has 3 N–H and O–H groups in total. The van der Waals surface area contributed by atoms with E-state index in [4.69, 9.17) is 5.73 Å². The van der Waals surface area contributed by atoms with E-state index in [0.29, 0.717) is 5.96 Å². The van der Waals surface area contributed by atoms with Gasteiger partial charge in [0.15, 0.2) is 5.96 Å². The lowest BCUT2D eigenvalue weighted by atomic mass is 9.80. The molecule has 1 aliphatic carbocycles. The minimum atomic E-state index is 0.289. The molecular formula is C15H30N4S. The molecule has 0 amide bonds. The lowest BCUT2D eigenvalue weighted by molar-refractivity contribution is 0.0672. The van der Waals surface area contributed by atoms with Crippen LogP contribution in [0.3, 0.4) is 0 Å². The predicted molar refractivity (Wildman–Crippen MR) is 89.5 cm³/mol. The van der Waals surface area contributed by atoms with Crippen molar-refractivity contribution in [1.82, 2.24) is 10.2 Å². The van der Waals surface area contributed by atoms with Crippen LogP contribution in [-0.2, 0) is 0 Å². The van der Waals surface area contributed by atoms with Crippen LogP contribution in [0.15, 0.2) is 4.99 Å². The highest BCUT2D eigenvalue weighted by Gasteiger charge is 2.38. The lowest BCUT2D eigenvalue weighted by Gasteiger charge is -2.47. The van der Waals surface area contributed by atoms with Gasteiger partial charge in [-0.05, 0) is 19.3 Å². The van der Waals surface area contributed by atoms with Crippen molar-refractivity contribution in [2.45, 2.75) is 51.0 Å². The Balaban J connectivity index is 1.98. The number of rotatable bonds is 5. The SMILES string of the molecule is CCCNC(N)=NCC1(N2CCSCC2)CCCCC1. The molecule has 0 atom stereocenters. The Hall–Kier alpha value is -0.420. The Bertz CT molecular complexity index is 307. The quantitative estimate of drug-likeness (QED) is 0.602. The van der Waals surface area contributed by atoms with Gasteiger partial charge < -0.3 is 11.1 Å². The first-order valence-corrected chi connectivity index (χ1v) is 9.29. The minimum absolute atomic E-state index is 0.289. The van der Waals surface area contributed by atoms with E-state index in [0.717, 1.165) is 19.5 Å². The second-order valence-corrected chi connectivity index (χ2v) is 7.24. The molecule has 0 radical (unpaired) electrons. The fourth-order valence-electron chi connectivity index (χ4n) is 3.36. The Kier molecular flexibility index (Phi) is 6.49. The highest BCUT2D eigenvalue weighted by molar-refractivity contribution is 7.99. The van der Waals surface area contributed by atoms with Gasteiger partial charge in [-0.15, -0.1) is 0 Å². The number of nitrogens with zero attached hydrogens (tertiary/aromatic N) is 2. The van der Waals surface area contributed by atoms with E-state index in [1.165, 1.54) is 56.7 Å². The van der Waals surface area contributed by atoms with Gasteiger partial charge in [-0.2, -0.15) is 11.8 Å². The van der Waals surface area contributed by atoms with Crippen molar-refractivity contribution in [3.63, 3.8) is 0 Å². The summed E-state index contributed by atoms with van der Waals surface area (Å²) in [4.78, 5) is 7.38. The third-order valence-electron chi connectivity index (χ3n) is 4.57. The molecule has 0 unspecified atom stereocenters. The highest BCUT2D eigenvalue weighted by Crippen LogP contribution is 2.35. The van der Waals surface area contributed by atoms with Crippen LogP contribution in [0.4, 0.5) is 0 Å². The van der Waals surface area contributed by atoms with Gasteiger partial charge >= 0.3 is 0 Å². The monoisotopic (exact) mass is 298 g/mol. The Morgan fingerprint density at radius 3 is 2.60 bits per heavy atom. The van der Waals surface area contributed by atoms with Crippen molar-refractivity contribution in [2.75, 3.05) is 37.7 Å². The molecule has 2 aliphatic rings. The average Bonchev–Trinajstić information content (AvgIpc) is 2.52. The zero-order valence-corrected chi connectivity index (χ0v) is 13.7. The van der Waals surface area contributed by atoms with Gasteiger partial charge in [0.1, 0.15) is 0 Å². The second kappa shape index (κ2) is 8.13. The smallest absolute Gasteiger partial charge is 0.188 e. The fourth-order valence-corrected chi connectivity index (χ4v) is 4.27. The van der Waals surface area contributed by atoms with Crippen molar-refractivity contribution in [3.05, 3.63) is 0 Å². The Labute approximate surface area is 128 Å². The summed E-state index contributed by atoms with van der Waals surface area (Å²) in [5, 5.41) is 3.20. The summed E-state index contributed by atoms with van der Waals surface area (Å²) in [5.74, 6) is 3.17. The molecule has 0 aromatic carbocycles. The summed E-state index contributed by atoms with van der Waals surface area (Å²) < 4.78 is 0. The molecule has 2 fully saturated rings. The number of nitrogens with two attached hydrogens (primary N) is 1. The van der Waals surface area contributed by atoms with Crippen molar-refractivity contribution in [2.24, 2.45) is 10.7 Å². The van der Waals surface area contributed by atoms with Crippen molar-refractivity contribution in [1.29, 1.82) is 0 Å². The summed E-state index contributed by atoms with van der Waals surface area (Å²) in [6.07, 6.45) is 7.76. The predicted octanol–water partition coefficient (Wildman–Crippen LogP) is 2.05. The molecule has 20 heavy (non-hydrogen) atoms. The molecule has 0 bridgehead atoms. The number of thioether (sulfide) groups is 1. The van der Waals surface area contributed by atoms with Crippen LogP contribution in [0.5, 0.6) is 0 Å². The molecule has 1 aliphatic heterocycles. The largest absolute Gasteiger partial charge is 0.370 e. The van der Waals surface area contributed by atoms with Crippen LogP contribution in [-0.4, -0.2) is 54.1 Å². The van der Waals surface area contributed by atoms with Crippen LogP contribution in [0, 0.1) is 0 Å². The van der Waals surface area contributed by atoms with Gasteiger partial charge in [0.2, 0.25) is 0 Å². The van der Waals surface area contributed by atoms with Crippen molar-refractivity contribution >= 4 is 17.7 Å². The standard InChI is InChI=1S/C15H30N4S/c1-2-8-17-14(16)18-13-15(6-4-3-5-7-15)19-9-11-20-12-10-19/h2-13H2,1H3,(H3,16,17,18). The van der Waals surface area contributed by atoms with Gasteiger partial charge in [0.25, 0.3) is 0 Å². The van der Waals surface area contributed by atoms with E-state index in [9.17, 15) is 0 Å². The summed E-state index contributed by atoms with van der Waals surface area (Å²) in [6.45, 7) is 6.39. The number of guanidine groups is 1. The van der Waals surface area contributed by atoms with Gasteiger partial charge in [-0.25, -0.2) is 0 Å². The van der Waals surface area contributed by atoms with Crippen molar-refractivity contribution in [3.8, 4) is 0 Å². The average molecular weight is 299 g/mol. The van der Waals surface area contributed by atoms with E-state index in [1.807, 2.05) is 0 Å². The van der Waals surface area contributed by atoms with E-state index in [-0.39, 0.29) is 5.54 Å². The van der Waals surface area contributed by atoms with E-state index < -0.39 is 0 Å². The summed E-state index contributed by atoms with van der Waals surface area (Å²) in [7, 11) is 0. The number of nitrogens with one attached hydrogen (secondary N) is 1. The lowest BCUT2D eigenvalue weighted by Crippen LogP contribution is -2.55. The maximum Gasteiger partial charge on any atom is 0.188 e. The normalized spacial score (nSPS) is 24.6. The first-order valence-electron chi connectivity index (χ1n) is 8.13. The molecule has 0 aromatic rings. The van der Waals surface area contributed by atoms with Crippen LogP contribution < -0.4 is 11.1 Å². The molecule has 116 valence electrons. The van der Waals surface area contributed by atoms with Crippen LogP contribution >= 0.6 is 11.8 Å². The van der Waals surface area contributed by atoms with E-state index in [1.54, 1.807) is 0 Å². The van der Waals surface area contributed by atoms with Crippen LogP contribution in [0.2, 0.25) is 0 Å². The molecule has 0 aromatic heterocycles. The molecule has 1 heterocycles. The minimum Gasteiger partial charge on any atom is -0.370 e. The molecular weight excluding hydrogens is 268 g/mol. The first-order chi connectivity index (χ1) is 9.77. The van der Waals surface area contributed by atoms with Gasteiger partial charge in [0.05, 0.1) is 6.54 Å². The first kappa shape index (κ1) is 16.0. The maximum absolute atomic E-state index is 5.98. The summed E-state index contributed by atoms with van der Waals surface area (Å²) >= 11 is 2.08. The Morgan fingerprint density at radius 2 is 1.95 bits per heavy atom. The molecule has 4 nitrogen and oxygen atoms in total. The number of hydrogen-bond acceptors (Lipinski definition) is 3. The Morgan fingerprint density at radius 1 is 1.25 bits per heavy atom. The van der Waals surface area contributed by atoms with Gasteiger partial charge in [0, 0.05) is 36.7 Å². The van der Waals surface area contributed by atoms with Crippen LogP contribution in [0.25, 0.3) is 0 Å². The highest BCUT2D eigenvalue weighted by atomic mass is 32.2. The number of hydrogen-bond donors (Lipinski definition) is 2. The third kappa shape index (κ3) is 4.29. The molecule has 1 saturated carbocycles. The molecule has 2 rings (SSSR count). The van der Waals surface area contributed by atoms with Gasteiger partial charge in [-0.1, -0.05) is 26.2 Å². The van der Waals surface area contributed by atoms with E-state index >= 15 is 0 Å².